The SMILES string of the molecule is CCCCCc1ccc(C(=O)N(CCCC)C(CC)c2nc3ccccc3c(=O)n2CCC)cc1. The number of nitrogens with zero attached hydrogens (tertiary/aromatic N) is 3. The quantitative estimate of drug-likeness (QED) is 0.252. The maximum Gasteiger partial charge on any atom is 0.261 e. The van der Waals surface area contributed by atoms with Crippen molar-refractivity contribution in [2.75, 3.05) is 6.54 Å². The Bertz CT molecular complexity index is 1150. The summed E-state index contributed by atoms with van der Waals surface area (Å²) in [5.74, 6) is 0.703. The number of fused-ring (bicyclic) bond motifs is 1. The van der Waals surface area contributed by atoms with Crippen molar-refractivity contribution in [3.05, 3.63) is 75.8 Å². The fourth-order valence-corrected chi connectivity index (χ4v) is 4.71. The van der Waals surface area contributed by atoms with Crippen molar-refractivity contribution in [2.24, 2.45) is 0 Å². The minimum Gasteiger partial charge on any atom is -0.328 e. The number of aromatic nitrogens is 2. The molecule has 1 amide bonds. The minimum absolute atomic E-state index is 0.0101. The van der Waals surface area contributed by atoms with Gasteiger partial charge in [-0.2, -0.15) is 0 Å². The van der Waals surface area contributed by atoms with E-state index in [2.05, 4.69) is 39.8 Å². The molecular weight excluding hydrogens is 434 g/mol. The Labute approximate surface area is 210 Å². The van der Waals surface area contributed by atoms with Gasteiger partial charge in [-0.05, 0) is 61.9 Å². The van der Waals surface area contributed by atoms with Crippen LogP contribution in [0.1, 0.15) is 100 Å². The van der Waals surface area contributed by atoms with Crippen LogP contribution in [-0.2, 0) is 13.0 Å². The smallest absolute Gasteiger partial charge is 0.261 e. The van der Waals surface area contributed by atoms with Crippen molar-refractivity contribution >= 4 is 16.8 Å². The lowest BCUT2D eigenvalue weighted by Gasteiger charge is -2.32. The molecule has 3 rings (SSSR count). The molecule has 0 spiro atoms. The molecule has 0 fully saturated rings. The molecule has 3 aromatic rings. The first-order chi connectivity index (χ1) is 17.0. The van der Waals surface area contributed by atoms with Crippen LogP contribution in [0, 0.1) is 0 Å². The Morgan fingerprint density at radius 2 is 1.63 bits per heavy atom. The Hall–Kier alpha value is -2.95. The molecule has 0 bridgehead atoms. The van der Waals surface area contributed by atoms with E-state index in [0.717, 1.165) is 25.7 Å². The average molecular weight is 476 g/mol. The molecule has 0 saturated carbocycles. The predicted molar refractivity (Wildman–Crippen MR) is 145 cm³/mol. The van der Waals surface area contributed by atoms with E-state index in [9.17, 15) is 9.59 Å². The number of carbonyl (C=O) groups is 1. The van der Waals surface area contributed by atoms with Crippen LogP contribution >= 0.6 is 0 Å². The molecule has 0 aliphatic carbocycles. The number of carbonyl (C=O) groups excluding carboxylic acids is 1. The summed E-state index contributed by atoms with van der Waals surface area (Å²) in [7, 11) is 0. The van der Waals surface area contributed by atoms with E-state index in [1.165, 1.54) is 24.8 Å². The van der Waals surface area contributed by atoms with E-state index in [0.29, 0.717) is 41.8 Å². The molecule has 188 valence electrons. The molecule has 1 unspecified atom stereocenters. The summed E-state index contributed by atoms with van der Waals surface area (Å²) in [4.78, 5) is 34.1. The predicted octanol–water partition coefficient (Wildman–Crippen LogP) is 6.93. The Balaban J connectivity index is 2.01. The third-order valence-corrected chi connectivity index (χ3v) is 6.68. The monoisotopic (exact) mass is 475 g/mol. The van der Waals surface area contributed by atoms with Crippen LogP contribution < -0.4 is 5.56 Å². The fraction of sp³-hybridized carbons (Fsp3) is 0.500. The Kier molecular flexibility index (Phi) is 10.1. The molecular formula is C30H41N3O2. The van der Waals surface area contributed by atoms with Gasteiger partial charge in [-0.15, -0.1) is 0 Å². The summed E-state index contributed by atoms with van der Waals surface area (Å²) in [6, 6.07) is 15.3. The molecule has 35 heavy (non-hydrogen) atoms. The number of rotatable bonds is 13. The zero-order valence-corrected chi connectivity index (χ0v) is 21.9. The van der Waals surface area contributed by atoms with Crippen LogP contribution in [0.3, 0.4) is 0 Å². The number of hydrogen-bond donors (Lipinski definition) is 0. The summed E-state index contributed by atoms with van der Waals surface area (Å²) in [6.45, 7) is 9.71. The number of benzene rings is 2. The van der Waals surface area contributed by atoms with Crippen molar-refractivity contribution in [1.82, 2.24) is 14.5 Å². The van der Waals surface area contributed by atoms with Crippen molar-refractivity contribution < 1.29 is 4.79 Å². The molecule has 2 aromatic carbocycles. The van der Waals surface area contributed by atoms with Crippen LogP contribution in [0.4, 0.5) is 0 Å². The van der Waals surface area contributed by atoms with Crippen molar-refractivity contribution in [1.29, 1.82) is 0 Å². The molecule has 0 aliphatic rings. The van der Waals surface area contributed by atoms with Crippen LogP contribution in [0.25, 0.3) is 10.9 Å². The highest BCUT2D eigenvalue weighted by molar-refractivity contribution is 5.94. The molecule has 0 aliphatic heterocycles. The van der Waals surface area contributed by atoms with Gasteiger partial charge in [-0.3, -0.25) is 14.2 Å². The highest BCUT2D eigenvalue weighted by Crippen LogP contribution is 2.27. The van der Waals surface area contributed by atoms with Gasteiger partial charge in [-0.1, -0.05) is 71.2 Å². The molecule has 1 atom stereocenters. The number of amides is 1. The molecule has 5 nitrogen and oxygen atoms in total. The van der Waals surface area contributed by atoms with Gasteiger partial charge in [0.25, 0.3) is 11.5 Å². The fourth-order valence-electron chi connectivity index (χ4n) is 4.71. The first kappa shape index (κ1) is 26.7. The summed E-state index contributed by atoms with van der Waals surface area (Å²) >= 11 is 0. The molecule has 0 saturated heterocycles. The summed E-state index contributed by atoms with van der Waals surface area (Å²) < 4.78 is 1.79. The molecule has 1 aromatic heterocycles. The van der Waals surface area contributed by atoms with E-state index >= 15 is 0 Å². The highest BCUT2D eigenvalue weighted by atomic mass is 16.2. The zero-order valence-electron chi connectivity index (χ0n) is 21.9. The third kappa shape index (κ3) is 6.39. The third-order valence-electron chi connectivity index (χ3n) is 6.68. The Morgan fingerprint density at radius 3 is 2.29 bits per heavy atom. The standard InChI is InChI=1S/C30H41N3O2/c1-5-9-11-14-23-17-19-24(20-18-23)29(34)32(22-10-6-2)27(8-4)28-31-26-16-13-12-15-25(26)30(35)33(28)21-7-3/h12-13,15-20,27H,5-11,14,21-22H2,1-4H3. The second-order valence-electron chi connectivity index (χ2n) is 9.37. The lowest BCUT2D eigenvalue weighted by atomic mass is 10.0. The topological polar surface area (TPSA) is 55.2 Å². The van der Waals surface area contributed by atoms with Crippen LogP contribution in [0.2, 0.25) is 0 Å². The van der Waals surface area contributed by atoms with E-state index in [-0.39, 0.29) is 17.5 Å². The second kappa shape index (κ2) is 13.2. The van der Waals surface area contributed by atoms with Gasteiger partial charge in [0.15, 0.2) is 0 Å². The second-order valence-corrected chi connectivity index (χ2v) is 9.37. The number of unbranched alkanes of at least 4 members (excludes halogenated alkanes) is 3. The van der Waals surface area contributed by atoms with E-state index in [1.807, 2.05) is 41.3 Å². The first-order valence-electron chi connectivity index (χ1n) is 13.4. The lowest BCUT2D eigenvalue weighted by Crippen LogP contribution is -2.39. The summed E-state index contributed by atoms with van der Waals surface area (Å²) in [5, 5.41) is 0.629. The van der Waals surface area contributed by atoms with Gasteiger partial charge in [0.05, 0.1) is 16.9 Å². The van der Waals surface area contributed by atoms with Gasteiger partial charge in [-0.25, -0.2) is 4.98 Å². The summed E-state index contributed by atoms with van der Waals surface area (Å²) in [6.07, 6.45) is 8.06. The molecule has 0 radical (unpaired) electrons. The van der Waals surface area contributed by atoms with Crippen molar-refractivity contribution in [3.63, 3.8) is 0 Å². The number of para-hydroxylation sites is 1. The lowest BCUT2D eigenvalue weighted by molar-refractivity contribution is 0.0653. The average Bonchev–Trinajstić information content (AvgIpc) is 2.88. The normalized spacial score (nSPS) is 12.1. The van der Waals surface area contributed by atoms with Crippen LogP contribution in [0.15, 0.2) is 53.3 Å². The van der Waals surface area contributed by atoms with Gasteiger partial charge in [0.1, 0.15) is 5.82 Å². The Morgan fingerprint density at radius 1 is 0.914 bits per heavy atom. The molecule has 5 heteroatoms. The van der Waals surface area contributed by atoms with E-state index < -0.39 is 0 Å². The van der Waals surface area contributed by atoms with Gasteiger partial charge in [0, 0.05) is 18.7 Å². The summed E-state index contributed by atoms with van der Waals surface area (Å²) in [5.41, 5.74) is 2.64. The molecule has 0 N–H and O–H groups in total. The number of hydrogen-bond acceptors (Lipinski definition) is 3. The first-order valence-corrected chi connectivity index (χ1v) is 13.4. The number of aryl methyl sites for hydroxylation is 1. The van der Waals surface area contributed by atoms with Crippen LogP contribution in [-0.4, -0.2) is 26.9 Å². The van der Waals surface area contributed by atoms with Gasteiger partial charge in [0.2, 0.25) is 0 Å². The van der Waals surface area contributed by atoms with Crippen LogP contribution in [0.5, 0.6) is 0 Å². The van der Waals surface area contributed by atoms with Gasteiger partial charge < -0.3 is 4.90 Å². The van der Waals surface area contributed by atoms with E-state index in [1.54, 1.807) is 4.57 Å². The maximum atomic E-state index is 13.8. The minimum atomic E-state index is -0.262. The van der Waals surface area contributed by atoms with Crippen molar-refractivity contribution in [2.45, 2.75) is 91.6 Å². The van der Waals surface area contributed by atoms with Gasteiger partial charge >= 0.3 is 0 Å². The van der Waals surface area contributed by atoms with Crippen molar-refractivity contribution in [3.8, 4) is 0 Å². The maximum absolute atomic E-state index is 13.8. The zero-order chi connectivity index (χ0) is 25.2. The molecule has 1 heterocycles. The van der Waals surface area contributed by atoms with E-state index in [4.69, 9.17) is 4.98 Å². The largest absolute Gasteiger partial charge is 0.328 e. The highest BCUT2D eigenvalue weighted by Gasteiger charge is 2.28.